The lowest BCUT2D eigenvalue weighted by molar-refractivity contribution is -0.114. The van der Waals surface area contributed by atoms with Gasteiger partial charge >= 0.3 is 0 Å². The lowest BCUT2D eigenvalue weighted by atomic mass is 9.46. The van der Waals surface area contributed by atoms with Gasteiger partial charge < -0.3 is 30.8 Å². The van der Waals surface area contributed by atoms with E-state index in [4.69, 9.17) is 5.11 Å². The molecule has 6 N–H and O–H groups in total. The Kier molecular flexibility index (Phi) is 10.3. The molecule has 0 aliphatic heterocycles. The van der Waals surface area contributed by atoms with E-state index < -0.39 is 31.0 Å². The summed E-state index contributed by atoms with van der Waals surface area (Å²) in [5, 5.41) is 52.4. The van der Waals surface area contributed by atoms with Crippen molar-refractivity contribution in [3.8, 4) is 0 Å². The molecule has 0 amide bonds. The van der Waals surface area contributed by atoms with E-state index in [-0.39, 0.29) is 18.0 Å². The summed E-state index contributed by atoms with van der Waals surface area (Å²) in [5.74, 6) is 5.03. The van der Waals surface area contributed by atoms with Gasteiger partial charge in [0, 0.05) is 12.6 Å². The van der Waals surface area contributed by atoms with Crippen LogP contribution in [0.1, 0.15) is 105 Å². The maximum atomic E-state index is 10.4. The Morgan fingerprint density at radius 1 is 0.872 bits per heavy atom. The molecule has 226 valence electrons. The molecule has 12 atom stereocenters. The van der Waals surface area contributed by atoms with Gasteiger partial charge in [-0.15, -0.1) is 0 Å². The maximum Gasteiger partial charge on any atom is 0.111 e. The first-order valence-corrected chi connectivity index (χ1v) is 16.2. The van der Waals surface area contributed by atoms with Crippen molar-refractivity contribution in [1.29, 1.82) is 0 Å². The predicted molar refractivity (Wildman–Crippen MR) is 156 cm³/mol. The average molecular weight is 550 g/mol. The predicted octanol–water partition coefficient (Wildman–Crippen LogP) is 4.42. The molecule has 6 heteroatoms. The van der Waals surface area contributed by atoms with E-state index >= 15 is 0 Å². The second-order valence-electron chi connectivity index (χ2n) is 14.9. The van der Waals surface area contributed by atoms with Crippen molar-refractivity contribution in [3.63, 3.8) is 0 Å². The molecule has 0 aromatic heterocycles. The fourth-order valence-electron chi connectivity index (χ4n) is 9.87. The first-order chi connectivity index (χ1) is 18.4. The number of aliphatic hydroxyl groups excluding tert-OH is 5. The summed E-state index contributed by atoms with van der Waals surface area (Å²) in [4.78, 5) is 0. The van der Waals surface area contributed by atoms with E-state index in [1.54, 1.807) is 5.57 Å². The minimum atomic E-state index is -1.58. The lowest BCUT2D eigenvalue weighted by Crippen LogP contribution is -2.53. The highest BCUT2D eigenvalue weighted by Gasteiger charge is 2.59. The molecule has 0 saturated heterocycles. The van der Waals surface area contributed by atoms with Crippen molar-refractivity contribution in [3.05, 3.63) is 11.6 Å². The van der Waals surface area contributed by atoms with Gasteiger partial charge in [0.15, 0.2) is 0 Å². The van der Waals surface area contributed by atoms with Gasteiger partial charge in [-0.25, -0.2) is 0 Å². The number of fused-ring (bicyclic) bond motifs is 5. The fourth-order valence-corrected chi connectivity index (χ4v) is 9.87. The zero-order valence-corrected chi connectivity index (χ0v) is 25.4. The standard InChI is InChI=1S/C33H59NO5/c1-20(2)7-6-8-21(3)25-11-12-26-24-10-9-22-17-23(34-18-28(36)30(38)31(39)29(37)19-35)13-15-32(22,4)27(24)14-16-33(25,26)5/h17,20-21,23-31,34-39H,6-16,18-19H2,1-5H3/t21-,23+,24?,25-,26?,27?,28-,29-,30-,31+,32+,33-/m1/s1. The lowest BCUT2D eigenvalue weighted by Gasteiger charge is -2.59. The van der Waals surface area contributed by atoms with Crippen LogP contribution in [0.15, 0.2) is 11.6 Å². The van der Waals surface area contributed by atoms with Gasteiger partial charge in [-0.2, -0.15) is 0 Å². The number of hydrogen-bond donors (Lipinski definition) is 6. The fraction of sp³-hybridized carbons (Fsp3) is 0.939. The molecule has 0 bridgehead atoms. The highest BCUT2D eigenvalue weighted by molar-refractivity contribution is 5.26. The van der Waals surface area contributed by atoms with Crippen molar-refractivity contribution in [2.45, 2.75) is 136 Å². The first kappa shape index (κ1) is 31.4. The largest absolute Gasteiger partial charge is 0.394 e. The van der Waals surface area contributed by atoms with Gasteiger partial charge in [-0.05, 0) is 97.7 Å². The summed E-state index contributed by atoms with van der Waals surface area (Å²) in [5.41, 5.74) is 2.36. The highest BCUT2D eigenvalue weighted by atomic mass is 16.4. The summed E-state index contributed by atoms with van der Waals surface area (Å²) < 4.78 is 0. The molecule has 6 nitrogen and oxygen atoms in total. The second-order valence-corrected chi connectivity index (χ2v) is 14.9. The molecule has 3 saturated carbocycles. The van der Waals surface area contributed by atoms with Crippen LogP contribution in [0.25, 0.3) is 0 Å². The Morgan fingerprint density at radius 2 is 1.59 bits per heavy atom. The quantitative estimate of drug-likeness (QED) is 0.201. The molecule has 0 heterocycles. The van der Waals surface area contributed by atoms with E-state index in [2.05, 4.69) is 46.0 Å². The van der Waals surface area contributed by atoms with Gasteiger partial charge in [0.25, 0.3) is 0 Å². The van der Waals surface area contributed by atoms with Gasteiger partial charge in [0.1, 0.15) is 18.3 Å². The molecule has 39 heavy (non-hydrogen) atoms. The molecular weight excluding hydrogens is 490 g/mol. The molecule has 0 spiro atoms. The molecule has 0 radical (unpaired) electrons. The minimum absolute atomic E-state index is 0.130. The van der Waals surface area contributed by atoms with Crippen molar-refractivity contribution >= 4 is 0 Å². The Labute approximate surface area is 237 Å². The smallest absolute Gasteiger partial charge is 0.111 e. The zero-order valence-electron chi connectivity index (χ0n) is 25.4. The summed E-state index contributed by atoms with van der Waals surface area (Å²) in [6.07, 6.45) is 11.0. The Balaban J connectivity index is 1.36. The molecule has 0 aromatic carbocycles. The first-order valence-electron chi connectivity index (χ1n) is 16.2. The summed E-state index contributed by atoms with van der Waals surface area (Å²) in [6.45, 7) is 11.9. The third kappa shape index (κ3) is 6.32. The number of aliphatic hydroxyl groups is 5. The second kappa shape index (κ2) is 12.8. The van der Waals surface area contributed by atoms with E-state index in [0.29, 0.717) is 5.41 Å². The van der Waals surface area contributed by atoms with Crippen molar-refractivity contribution < 1.29 is 25.5 Å². The summed E-state index contributed by atoms with van der Waals surface area (Å²) in [7, 11) is 0. The Hall–Kier alpha value is -0.500. The summed E-state index contributed by atoms with van der Waals surface area (Å²) >= 11 is 0. The number of hydrogen-bond acceptors (Lipinski definition) is 6. The number of allylic oxidation sites excluding steroid dienone is 1. The number of nitrogens with one attached hydrogen (secondary N) is 1. The van der Waals surface area contributed by atoms with Gasteiger partial charge in [0.05, 0.1) is 12.7 Å². The van der Waals surface area contributed by atoms with Crippen molar-refractivity contribution in [2.24, 2.45) is 46.3 Å². The maximum absolute atomic E-state index is 10.4. The van der Waals surface area contributed by atoms with Crippen LogP contribution >= 0.6 is 0 Å². The van der Waals surface area contributed by atoms with Gasteiger partial charge in [0.2, 0.25) is 0 Å². The molecule has 0 aromatic rings. The average Bonchev–Trinajstić information content (AvgIpc) is 3.27. The topological polar surface area (TPSA) is 113 Å². The van der Waals surface area contributed by atoms with Crippen LogP contribution in [0, 0.1) is 46.3 Å². The Bertz CT molecular complexity index is 833. The van der Waals surface area contributed by atoms with Crippen LogP contribution in [-0.2, 0) is 0 Å². The monoisotopic (exact) mass is 549 g/mol. The third-order valence-electron chi connectivity index (χ3n) is 12.2. The normalized spacial score (nSPS) is 40.2. The molecule has 3 fully saturated rings. The number of rotatable bonds is 12. The van der Waals surface area contributed by atoms with E-state index in [1.165, 1.54) is 57.8 Å². The Morgan fingerprint density at radius 3 is 2.28 bits per heavy atom. The summed E-state index contributed by atoms with van der Waals surface area (Å²) in [6, 6.07) is 0.141. The van der Waals surface area contributed by atoms with E-state index in [9.17, 15) is 20.4 Å². The van der Waals surface area contributed by atoms with Crippen LogP contribution in [-0.4, -0.2) is 69.1 Å². The van der Waals surface area contributed by atoms with Crippen LogP contribution in [0.5, 0.6) is 0 Å². The third-order valence-corrected chi connectivity index (χ3v) is 12.2. The van der Waals surface area contributed by atoms with Gasteiger partial charge in [-0.1, -0.05) is 65.5 Å². The van der Waals surface area contributed by atoms with Crippen molar-refractivity contribution in [1.82, 2.24) is 5.32 Å². The molecule has 4 aliphatic carbocycles. The highest BCUT2D eigenvalue weighted by Crippen LogP contribution is 2.67. The van der Waals surface area contributed by atoms with Gasteiger partial charge in [-0.3, -0.25) is 0 Å². The van der Waals surface area contributed by atoms with Crippen LogP contribution in [0.3, 0.4) is 0 Å². The molecule has 4 aliphatic rings. The van der Waals surface area contributed by atoms with E-state index in [1.807, 2.05) is 0 Å². The molecular formula is C33H59NO5. The zero-order chi connectivity index (χ0) is 28.5. The van der Waals surface area contributed by atoms with E-state index in [0.717, 1.165) is 48.3 Å². The van der Waals surface area contributed by atoms with Crippen molar-refractivity contribution in [2.75, 3.05) is 13.2 Å². The SMILES string of the molecule is CC(C)CCC[C@@H](C)[C@H]1CCC2C3CCC4=C[C@@H](NC[C@@H](O)[C@@H](O)[C@@H](O)[C@H](O)CO)CC[C@]4(C)C3CC[C@@]21C. The molecule has 4 rings (SSSR count). The van der Waals surface area contributed by atoms with Crippen LogP contribution < -0.4 is 5.32 Å². The van der Waals surface area contributed by atoms with Crippen LogP contribution in [0.2, 0.25) is 0 Å². The van der Waals surface area contributed by atoms with Crippen LogP contribution in [0.4, 0.5) is 0 Å². The molecule has 3 unspecified atom stereocenters. The minimum Gasteiger partial charge on any atom is -0.394 e.